The van der Waals surface area contributed by atoms with E-state index in [-0.39, 0.29) is 0 Å². The highest BCUT2D eigenvalue weighted by Gasteiger charge is 2.50. The molecule has 0 saturated heterocycles. The van der Waals surface area contributed by atoms with Gasteiger partial charge in [-0.2, -0.15) is 0 Å². The fourth-order valence-corrected chi connectivity index (χ4v) is 9.33. The molecule has 1 aliphatic carbocycles. The van der Waals surface area contributed by atoms with Crippen molar-refractivity contribution >= 4 is 28.0 Å². The third-order valence-corrected chi connectivity index (χ3v) is 12.0. The number of benzene rings is 9. The summed E-state index contributed by atoms with van der Waals surface area (Å²) in [6.07, 6.45) is 0. The first-order valence-electron chi connectivity index (χ1n) is 20.3. The normalized spacial score (nSPS) is 12.5. The van der Waals surface area contributed by atoms with E-state index in [2.05, 4.69) is 241 Å². The molecule has 0 spiro atoms. The second kappa shape index (κ2) is 14.4. The Morgan fingerprint density at radius 3 is 1.27 bits per heavy atom. The highest BCUT2D eigenvalue weighted by molar-refractivity contribution is 6.02. The van der Waals surface area contributed by atoms with Gasteiger partial charge in [0.1, 0.15) is 11.3 Å². The summed E-state index contributed by atoms with van der Waals surface area (Å²) < 4.78 is 6.95. The number of hydrogen-bond acceptors (Lipinski definition) is 2. The number of nitrogens with zero attached hydrogens (tertiary/aromatic N) is 1. The van der Waals surface area contributed by atoms with Crippen LogP contribution >= 0.6 is 0 Å². The van der Waals surface area contributed by atoms with Crippen molar-refractivity contribution in [3.8, 4) is 44.7 Å². The van der Waals surface area contributed by atoms with Gasteiger partial charge in [-0.1, -0.05) is 194 Å². The summed E-state index contributed by atoms with van der Waals surface area (Å²) >= 11 is 0. The van der Waals surface area contributed by atoms with Gasteiger partial charge in [-0.05, 0) is 92.5 Å². The van der Waals surface area contributed by atoms with Gasteiger partial charge in [0.2, 0.25) is 0 Å². The van der Waals surface area contributed by atoms with Crippen LogP contribution in [0.1, 0.15) is 22.3 Å². The van der Waals surface area contributed by atoms with Gasteiger partial charge < -0.3 is 9.32 Å². The predicted molar refractivity (Wildman–Crippen MR) is 245 cm³/mol. The van der Waals surface area contributed by atoms with E-state index in [4.69, 9.17) is 4.42 Å². The van der Waals surface area contributed by atoms with Crippen LogP contribution in [0.3, 0.4) is 0 Å². The summed E-state index contributed by atoms with van der Waals surface area (Å²) in [5, 5.41) is 1.14. The van der Waals surface area contributed by atoms with E-state index in [1.54, 1.807) is 0 Å². The molecule has 0 aliphatic heterocycles. The quantitative estimate of drug-likeness (QED) is 0.154. The number of furan rings is 1. The Morgan fingerprint density at radius 2 is 0.763 bits per heavy atom. The lowest BCUT2D eigenvalue weighted by atomic mass is 9.67. The van der Waals surface area contributed by atoms with Crippen LogP contribution in [0.25, 0.3) is 55.7 Å². The van der Waals surface area contributed by atoms with Gasteiger partial charge in [0.15, 0.2) is 0 Å². The van der Waals surface area contributed by atoms with Gasteiger partial charge in [-0.25, -0.2) is 0 Å². The Kier molecular flexibility index (Phi) is 8.41. The first kappa shape index (κ1) is 34.6. The molecular formula is C57H39NO. The molecule has 59 heavy (non-hydrogen) atoms. The summed E-state index contributed by atoms with van der Waals surface area (Å²) in [6.45, 7) is 0. The van der Waals surface area contributed by atoms with E-state index in [9.17, 15) is 0 Å². The maximum absolute atomic E-state index is 6.95. The average Bonchev–Trinajstić information content (AvgIpc) is 3.85. The zero-order valence-electron chi connectivity index (χ0n) is 32.4. The maximum atomic E-state index is 6.95. The molecule has 2 heteroatoms. The third kappa shape index (κ3) is 5.72. The van der Waals surface area contributed by atoms with Crippen LogP contribution in [0.2, 0.25) is 0 Å². The number of fused-ring (bicyclic) bond motifs is 5. The lowest BCUT2D eigenvalue weighted by Gasteiger charge is -2.33. The van der Waals surface area contributed by atoms with Crippen LogP contribution in [-0.4, -0.2) is 0 Å². The van der Waals surface area contributed by atoms with Gasteiger partial charge in [0.05, 0.1) is 5.41 Å². The molecule has 0 saturated carbocycles. The van der Waals surface area contributed by atoms with Crippen molar-refractivity contribution in [1.82, 2.24) is 0 Å². The summed E-state index contributed by atoms with van der Waals surface area (Å²) in [7, 11) is 0. The average molecular weight is 754 g/mol. The standard InChI is InChI=1S/C57H39NO/c1-5-16-40(17-6-1)42-28-34-47(35-29-42)58(48-36-30-43(31-37-48)41-18-7-2-8-19-41)49-38-32-44(33-39-49)50-25-15-26-52-54(50)56-55(51-24-13-14-27-53(51)59-56)57(52,45-20-9-3-10-21-45)46-22-11-4-12-23-46/h1-39H. The molecule has 1 aliphatic rings. The van der Waals surface area contributed by atoms with Crippen molar-refractivity contribution in [1.29, 1.82) is 0 Å². The first-order valence-corrected chi connectivity index (χ1v) is 20.3. The van der Waals surface area contributed by atoms with E-state index in [1.165, 1.54) is 44.5 Å². The Hall–Kier alpha value is -7.68. The van der Waals surface area contributed by atoms with Crippen molar-refractivity contribution in [2.75, 3.05) is 4.90 Å². The predicted octanol–water partition coefficient (Wildman–Crippen LogP) is 15.3. The fraction of sp³-hybridized carbons (Fsp3) is 0.0175. The van der Waals surface area contributed by atoms with E-state index in [0.717, 1.165) is 50.5 Å². The minimum Gasteiger partial charge on any atom is -0.456 e. The number of rotatable bonds is 8. The van der Waals surface area contributed by atoms with Crippen LogP contribution in [0, 0.1) is 0 Å². The molecule has 0 N–H and O–H groups in total. The summed E-state index contributed by atoms with van der Waals surface area (Å²) in [5.74, 6) is 0.937. The van der Waals surface area contributed by atoms with Gasteiger partial charge in [0.25, 0.3) is 0 Å². The fourth-order valence-electron chi connectivity index (χ4n) is 9.33. The second-order valence-electron chi connectivity index (χ2n) is 15.2. The van der Waals surface area contributed by atoms with Gasteiger partial charge in [0, 0.05) is 33.6 Å². The molecule has 9 aromatic carbocycles. The summed E-state index contributed by atoms with van der Waals surface area (Å²) in [6, 6.07) is 85.0. The van der Waals surface area contributed by atoms with Crippen molar-refractivity contribution in [3.63, 3.8) is 0 Å². The van der Waals surface area contributed by atoms with E-state index >= 15 is 0 Å². The SMILES string of the molecule is c1ccc(-c2ccc(N(c3ccc(-c4ccccc4)cc3)c3ccc(-c4cccc5c4-c4oc6ccccc6c4C5(c4ccccc4)c4ccccc4)cc3)cc2)cc1. The van der Waals surface area contributed by atoms with Gasteiger partial charge in [-0.15, -0.1) is 0 Å². The van der Waals surface area contributed by atoms with Crippen molar-refractivity contribution in [3.05, 3.63) is 259 Å². The minimum absolute atomic E-state index is 0.565. The molecule has 278 valence electrons. The molecule has 0 amide bonds. The molecule has 0 bridgehead atoms. The smallest absolute Gasteiger partial charge is 0.141 e. The van der Waals surface area contributed by atoms with E-state index in [0.29, 0.717) is 0 Å². The number of para-hydroxylation sites is 1. The van der Waals surface area contributed by atoms with Gasteiger partial charge in [-0.3, -0.25) is 0 Å². The van der Waals surface area contributed by atoms with Crippen molar-refractivity contribution in [2.45, 2.75) is 5.41 Å². The topological polar surface area (TPSA) is 16.4 Å². The largest absolute Gasteiger partial charge is 0.456 e. The Morgan fingerprint density at radius 1 is 0.339 bits per heavy atom. The summed E-state index contributed by atoms with van der Waals surface area (Å²) in [4.78, 5) is 2.34. The van der Waals surface area contributed by atoms with E-state index < -0.39 is 5.41 Å². The van der Waals surface area contributed by atoms with Gasteiger partial charge >= 0.3 is 0 Å². The van der Waals surface area contributed by atoms with Crippen molar-refractivity contribution < 1.29 is 4.42 Å². The van der Waals surface area contributed by atoms with E-state index in [1.807, 2.05) is 0 Å². The van der Waals surface area contributed by atoms with Crippen LogP contribution in [0.15, 0.2) is 241 Å². The highest BCUT2D eigenvalue weighted by atomic mass is 16.3. The molecule has 0 radical (unpaired) electrons. The second-order valence-corrected chi connectivity index (χ2v) is 15.2. The molecule has 0 unspecified atom stereocenters. The minimum atomic E-state index is -0.565. The first-order chi connectivity index (χ1) is 29.3. The summed E-state index contributed by atoms with van der Waals surface area (Å²) in [5.41, 5.74) is 16.7. The lowest BCUT2D eigenvalue weighted by molar-refractivity contribution is 0.628. The van der Waals surface area contributed by atoms with Crippen LogP contribution in [0.4, 0.5) is 17.1 Å². The molecule has 0 atom stereocenters. The van der Waals surface area contributed by atoms with Crippen LogP contribution in [-0.2, 0) is 5.41 Å². The zero-order chi connectivity index (χ0) is 39.2. The monoisotopic (exact) mass is 753 g/mol. The molecule has 11 rings (SSSR count). The molecule has 1 aromatic heterocycles. The number of anilines is 3. The maximum Gasteiger partial charge on any atom is 0.141 e. The number of hydrogen-bond donors (Lipinski definition) is 0. The molecule has 1 heterocycles. The molecule has 2 nitrogen and oxygen atoms in total. The van der Waals surface area contributed by atoms with Crippen LogP contribution in [0.5, 0.6) is 0 Å². The third-order valence-electron chi connectivity index (χ3n) is 12.0. The van der Waals surface area contributed by atoms with Crippen LogP contribution < -0.4 is 4.90 Å². The Labute approximate surface area is 344 Å². The lowest BCUT2D eigenvalue weighted by Crippen LogP contribution is -2.28. The Balaban J connectivity index is 1.06. The Bertz CT molecular complexity index is 2920. The van der Waals surface area contributed by atoms with Crippen molar-refractivity contribution in [2.24, 2.45) is 0 Å². The molecule has 10 aromatic rings. The highest BCUT2D eigenvalue weighted by Crippen LogP contribution is 2.61. The molecule has 0 fully saturated rings. The molecular weight excluding hydrogens is 715 g/mol. The zero-order valence-corrected chi connectivity index (χ0v) is 32.4.